The van der Waals surface area contributed by atoms with Crippen LogP contribution in [0, 0.1) is 0 Å². The second-order valence-electron chi connectivity index (χ2n) is 8.00. The minimum atomic E-state index is -0.0468. The largest absolute Gasteiger partial charge is 0.331 e. The highest BCUT2D eigenvalue weighted by Crippen LogP contribution is 2.39. The number of hydrogen-bond donors (Lipinski definition) is 0. The molecule has 32 heavy (non-hydrogen) atoms. The molecule has 1 amide bonds. The average Bonchev–Trinajstić information content (AvgIpc) is 3.53. The highest BCUT2D eigenvalue weighted by Gasteiger charge is 2.33. The first-order valence-corrected chi connectivity index (χ1v) is 12.4. The Hall–Kier alpha value is -3.22. The van der Waals surface area contributed by atoms with Crippen LogP contribution in [0.25, 0.3) is 21.8 Å². The Balaban J connectivity index is 1.47. The number of carbonyl (C=O) groups is 1. The van der Waals surface area contributed by atoms with E-state index in [1.807, 2.05) is 64.1 Å². The molecule has 0 fully saturated rings. The lowest BCUT2D eigenvalue weighted by molar-refractivity contribution is -0.133. The van der Waals surface area contributed by atoms with Crippen LogP contribution in [0.3, 0.4) is 0 Å². The Kier molecular flexibility index (Phi) is 4.70. The second kappa shape index (κ2) is 7.73. The lowest BCUT2D eigenvalue weighted by Gasteiger charge is -2.36. The van der Waals surface area contributed by atoms with Gasteiger partial charge in [-0.15, -0.1) is 22.7 Å². The van der Waals surface area contributed by atoms with E-state index in [9.17, 15) is 9.59 Å². The van der Waals surface area contributed by atoms with Gasteiger partial charge in [-0.25, -0.2) is 0 Å². The lowest BCUT2D eigenvalue weighted by atomic mass is 9.98. The van der Waals surface area contributed by atoms with Crippen molar-refractivity contribution in [3.05, 3.63) is 103 Å². The van der Waals surface area contributed by atoms with Gasteiger partial charge in [-0.2, -0.15) is 0 Å². The van der Waals surface area contributed by atoms with Crippen molar-refractivity contribution in [1.29, 1.82) is 0 Å². The highest BCUT2D eigenvalue weighted by molar-refractivity contribution is 7.10. The van der Waals surface area contributed by atoms with Gasteiger partial charge in [-0.3, -0.25) is 9.59 Å². The number of hydrogen-bond acceptors (Lipinski definition) is 4. The van der Waals surface area contributed by atoms with Gasteiger partial charge in [-0.1, -0.05) is 30.3 Å². The number of rotatable bonds is 3. The molecule has 1 aliphatic rings. The van der Waals surface area contributed by atoms with Gasteiger partial charge in [0.1, 0.15) is 6.54 Å². The molecule has 6 heteroatoms. The summed E-state index contributed by atoms with van der Waals surface area (Å²) < 4.78 is 2.00. The zero-order valence-corrected chi connectivity index (χ0v) is 18.9. The molecule has 3 aromatic heterocycles. The predicted octanol–water partition coefficient (Wildman–Crippen LogP) is 5.45. The Morgan fingerprint density at radius 1 is 0.875 bits per heavy atom. The van der Waals surface area contributed by atoms with Crippen LogP contribution in [0.15, 0.2) is 82.3 Å². The fourth-order valence-corrected chi connectivity index (χ4v) is 6.57. The van der Waals surface area contributed by atoms with Crippen molar-refractivity contribution in [3.63, 3.8) is 0 Å². The molecule has 0 saturated carbocycles. The van der Waals surface area contributed by atoms with Gasteiger partial charge in [0.15, 0.2) is 5.43 Å². The molecule has 0 saturated heterocycles. The maximum Gasteiger partial charge on any atom is 0.243 e. The topological polar surface area (TPSA) is 42.3 Å². The molecule has 0 aliphatic carbocycles. The Morgan fingerprint density at radius 2 is 1.59 bits per heavy atom. The summed E-state index contributed by atoms with van der Waals surface area (Å²) in [6.07, 6.45) is 0.881. The van der Waals surface area contributed by atoms with Crippen LogP contribution in [0.2, 0.25) is 0 Å². The molecule has 1 aliphatic heterocycles. The maximum atomic E-state index is 13.8. The summed E-state index contributed by atoms with van der Waals surface area (Å²) >= 11 is 3.47. The minimum absolute atomic E-state index is 0.0113. The van der Waals surface area contributed by atoms with E-state index < -0.39 is 0 Å². The Labute approximate surface area is 193 Å². The van der Waals surface area contributed by atoms with Crippen molar-refractivity contribution in [1.82, 2.24) is 9.47 Å². The number of benzene rings is 2. The van der Waals surface area contributed by atoms with E-state index in [0.29, 0.717) is 17.3 Å². The van der Waals surface area contributed by atoms with Gasteiger partial charge in [0.05, 0.1) is 17.1 Å². The Bertz CT molecular complexity index is 1450. The van der Waals surface area contributed by atoms with Gasteiger partial charge >= 0.3 is 0 Å². The quantitative estimate of drug-likeness (QED) is 0.339. The summed E-state index contributed by atoms with van der Waals surface area (Å²) in [5, 5.41) is 5.49. The molecule has 5 aromatic rings. The number of aromatic nitrogens is 1. The van der Waals surface area contributed by atoms with E-state index in [-0.39, 0.29) is 23.9 Å². The molecule has 1 unspecified atom stereocenters. The smallest absolute Gasteiger partial charge is 0.243 e. The number of thiophene rings is 2. The molecular formula is C26H20N2O2S2. The SMILES string of the molecule is O=C(Cn1c2ccccc2c(=O)c2ccccc21)N1CCc2sccc2C1c1cccs1. The minimum Gasteiger partial charge on any atom is -0.331 e. The standard InChI is InChI=1S/C26H20N2O2S2/c29-24(27-13-11-22-19(12-15-32-22)25(27)23-10-5-14-31-23)16-28-20-8-3-1-6-17(20)26(30)18-7-2-4-9-21(18)28/h1-10,12,14-15,25H,11,13,16H2. The molecule has 2 aromatic carbocycles. The van der Waals surface area contributed by atoms with E-state index >= 15 is 0 Å². The number of amides is 1. The van der Waals surface area contributed by atoms with E-state index in [2.05, 4.69) is 22.9 Å². The fraction of sp³-hybridized carbons (Fsp3) is 0.154. The van der Waals surface area contributed by atoms with Gasteiger partial charge in [0.2, 0.25) is 5.91 Å². The van der Waals surface area contributed by atoms with Crippen LogP contribution < -0.4 is 5.43 Å². The first kappa shape index (κ1) is 19.5. The van der Waals surface area contributed by atoms with Crippen molar-refractivity contribution in [2.45, 2.75) is 19.0 Å². The van der Waals surface area contributed by atoms with Crippen LogP contribution in [-0.4, -0.2) is 21.9 Å². The van der Waals surface area contributed by atoms with Gasteiger partial charge in [0, 0.05) is 27.1 Å². The molecule has 1 atom stereocenters. The van der Waals surface area contributed by atoms with Crippen LogP contribution in [-0.2, 0) is 17.8 Å². The second-order valence-corrected chi connectivity index (χ2v) is 9.98. The van der Waals surface area contributed by atoms with Gasteiger partial charge in [0.25, 0.3) is 0 Å². The maximum absolute atomic E-state index is 13.8. The first-order chi connectivity index (χ1) is 15.7. The zero-order valence-electron chi connectivity index (χ0n) is 17.2. The summed E-state index contributed by atoms with van der Waals surface area (Å²) in [6, 6.07) is 21.4. The first-order valence-electron chi connectivity index (χ1n) is 10.6. The van der Waals surface area contributed by atoms with Gasteiger partial charge < -0.3 is 9.47 Å². The van der Waals surface area contributed by atoms with E-state index in [4.69, 9.17) is 0 Å². The summed E-state index contributed by atoms with van der Waals surface area (Å²) in [7, 11) is 0. The van der Waals surface area contributed by atoms with E-state index in [1.54, 1.807) is 22.7 Å². The molecule has 0 spiro atoms. The number of carbonyl (C=O) groups excluding carboxylic acids is 1. The van der Waals surface area contributed by atoms with E-state index in [0.717, 1.165) is 17.5 Å². The third-order valence-corrected chi connectivity index (χ3v) is 8.19. The Morgan fingerprint density at radius 3 is 2.28 bits per heavy atom. The molecule has 158 valence electrons. The average molecular weight is 457 g/mol. The number of nitrogens with zero attached hydrogens (tertiary/aromatic N) is 2. The third kappa shape index (κ3) is 3.02. The number of pyridine rings is 1. The summed E-state index contributed by atoms with van der Waals surface area (Å²) in [4.78, 5) is 31.4. The van der Waals surface area contributed by atoms with E-state index in [1.165, 1.54) is 15.3 Å². The van der Waals surface area contributed by atoms with Crippen molar-refractivity contribution in [2.24, 2.45) is 0 Å². The van der Waals surface area contributed by atoms with Gasteiger partial charge in [-0.05, 0) is 59.1 Å². The molecule has 4 heterocycles. The molecule has 4 nitrogen and oxygen atoms in total. The normalized spacial score (nSPS) is 15.9. The summed E-state index contributed by atoms with van der Waals surface area (Å²) in [5.41, 5.74) is 2.85. The van der Waals surface area contributed by atoms with Crippen molar-refractivity contribution < 1.29 is 4.79 Å². The third-order valence-electron chi connectivity index (χ3n) is 6.27. The number of para-hydroxylation sites is 2. The molecular weight excluding hydrogens is 436 g/mol. The predicted molar refractivity (Wildman–Crippen MR) is 132 cm³/mol. The summed E-state index contributed by atoms with van der Waals surface area (Å²) in [6.45, 7) is 0.896. The van der Waals surface area contributed by atoms with Crippen LogP contribution in [0.4, 0.5) is 0 Å². The molecule has 6 rings (SSSR count). The number of fused-ring (bicyclic) bond motifs is 3. The lowest BCUT2D eigenvalue weighted by Crippen LogP contribution is -2.41. The van der Waals surface area contributed by atoms with Crippen LogP contribution in [0.1, 0.15) is 21.4 Å². The van der Waals surface area contributed by atoms with Crippen LogP contribution >= 0.6 is 22.7 Å². The van der Waals surface area contributed by atoms with Crippen molar-refractivity contribution in [3.8, 4) is 0 Å². The molecule has 0 N–H and O–H groups in total. The fourth-order valence-electron chi connectivity index (χ4n) is 4.81. The van der Waals surface area contributed by atoms with Crippen molar-refractivity contribution in [2.75, 3.05) is 6.54 Å². The van der Waals surface area contributed by atoms with Crippen LogP contribution in [0.5, 0.6) is 0 Å². The molecule has 0 radical (unpaired) electrons. The highest BCUT2D eigenvalue weighted by atomic mass is 32.1. The monoisotopic (exact) mass is 456 g/mol. The molecule has 0 bridgehead atoms. The zero-order chi connectivity index (χ0) is 21.7. The van der Waals surface area contributed by atoms with Crippen molar-refractivity contribution >= 4 is 50.4 Å². The summed E-state index contributed by atoms with van der Waals surface area (Å²) in [5.74, 6) is 0.0687.